The second-order valence-electron chi connectivity index (χ2n) is 5.31. The number of carbonyl (C=O) groups is 1. The predicted octanol–water partition coefficient (Wildman–Crippen LogP) is 2.05. The van der Waals surface area contributed by atoms with Gasteiger partial charge in [-0.3, -0.25) is 9.89 Å². The van der Waals surface area contributed by atoms with Gasteiger partial charge in [0.1, 0.15) is 0 Å². The quantitative estimate of drug-likeness (QED) is 0.786. The smallest absolute Gasteiger partial charge is 0.272 e. The maximum absolute atomic E-state index is 12.4. The molecule has 20 heavy (non-hydrogen) atoms. The average molecular weight is 337 g/mol. The predicted molar refractivity (Wildman–Crippen MR) is 81.7 cm³/mol. The second kappa shape index (κ2) is 5.54. The average Bonchev–Trinajstić information content (AvgIpc) is 2.84. The number of benzene rings is 1. The summed E-state index contributed by atoms with van der Waals surface area (Å²) in [5.74, 6) is 0.331. The third-order valence-electron chi connectivity index (χ3n) is 3.84. The number of aromatic amines is 1. The lowest BCUT2D eigenvalue weighted by atomic mass is 9.95. The van der Waals surface area contributed by atoms with Crippen molar-refractivity contribution in [2.75, 3.05) is 13.1 Å². The summed E-state index contributed by atoms with van der Waals surface area (Å²) >= 11 is 3.43. The lowest BCUT2D eigenvalue weighted by molar-refractivity contribution is 0.0910. The SMILES string of the molecule is CC1CNCCC1NC(=O)c1n[nH]c2ccc(Br)cc12. The Hall–Kier alpha value is -1.40. The van der Waals surface area contributed by atoms with E-state index in [1.165, 1.54) is 0 Å². The van der Waals surface area contributed by atoms with Crippen LogP contribution in [0.25, 0.3) is 10.9 Å². The first-order chi connectivity index (χ1) is 9.65. The van der Waals surface area contributed by atoms with E-state index >= 15 is 0 Å². The molecule has 1 aromatic heterocycles. The largest absolute Gasteiger partial charge is 0.348 e. The van der Waals surface area contributed by atoms with Gasteiger partial charge in [0, 0.05) is 15.9 Å². The number of H-pyrrole nitrogens is 1. The van der Waals surface area contributed by atoms with Crippen LogP contribution in [0.5, 0.6) is 0 Å². The molecule has 2 heterocycles. The van der Waals surface area contributed by atoms with Crippen molar-refractivity contribution in [3.63, 3.8) is 0 Å². The van der Waals surface area contributed by atoms with E-state index in [9.17, 15) is 4.79 Å². The first kappa shape index (κ1) is 13.6. The summed E-state index contributed by atoms with van der Waals surface area (Å²) in [6, 6.07) is 5.97. The Bertz CT molecular complexity index is 639. The van der Waals surface area contributed by atoms with E-state index in [0.29, 0.717) is 11.6 Å². The van der Waals surface area contributed by atoms with E-state index in [1.54, 1.807) is 0 Å². The van der Waals surface area contributed by atoms with Crippen molar-refractivity contribution in [2.24, 2.45) is 5.92 Å². The van der Waals surface area contributed by atoms with E-state index in [4.69, 9.17) is 0 Å². The standard InChI is InChI=1S/C14H17BrN4O/c1-8-7-16-5-4-11(8)17-14(20)13-10-6-9(15)2-3-12(10)18-19-13/h2-3,6,8,11,16H,4-5,7H2,1H3,(H,17,20)(H,18,19). The number of amides is 1. The van der Waals surface area contributed by atoms with Gasteiger partial charge in [-0.25, -0.2) is 0 Å². The van der Waals surface area contributed by atoms with Crippen molar-refractivity contribution in [2.45, 2.75) is 19.4 Å². The minimum Gasteiger partial charge on any atom is -0.348 e. The summed E-state index contributed by atoms with van der Waals surface area (Å²) in [7, 11) is 0. The summed E-state index contributed by atoms with van der Waals surface area (Å²) in [4.78, 5) is 12.4. The van der Waals surface area contributed by atoms with Crippen LogP contribution >= 0.6 is 15.9 Å². The van der Waals surface area contributed by atoms with Crippen molar-refractivity contribution in [1.82, 2.24) is 20.8 Å². The summed E-state index contributed by atoms with van der Waals surface area (Å²) in [5.41, 5.74) is 1.34. The van der Waals surface area contributed by atoms with Crippen molar-refractivity contribution < 1.29 is 4.79 Å². The maximum Gasteiger partial charge on any atom is 0.272 e. The van der Waals surface area contributed by atoms with E-state index in [1.807, 2.05) is 18.2 Å². The molecule has 1 aromatic carbocycles. The molecule has 5 nitrogen and oxygen atoms in total. The van der Waals surface area contributed by atoms with E-state index in [0.717, 1.165) is 34.9 Å². The zero-order valence-corrected chi connectivity index (χ0v) is 12.8. The monoisotopic (exact) mass is 336 g/mol. The minimum atomic E-state index is -0.104. The van der Waals surface area contributed by atoms with Crippen molar-refractivity contribution >= 4 is 32.7 Å². The van der Waals surface area contributed by atoms with Gasteiger partial charge in [-0.1, -0.05) is 22.9 Å². The molecule has 0 spiro atoms. The topological polar surface area (TPSA) is 69.8 Å². The van der Waals surface area contributed by atoms with Crippen LogP contribution < -0.4 is 10.6 Å². The molecular weight excluding hydrogens is 320 g/mol. The van der Waals surface area contributed by atoms with Crippen molar-refractivity contribution in [3.8, 4) is 0 Å². The normalized spacial score (nSPS) is 22.9. The number of piperidine rings is 1. The molecule has 0 aliphatic carbocycles. The van der Waals surface area contributed by atoms with Gasteiger partial charge < -0.3 is 10.6 Å². The molecule has 2 atom stereocenters. The number of nitrogens with one attached hydrogen (secondary N) is 3. The van der Waals surface area contributed by atoms with Gasteiger partial charge in [0.25, 0.3) is 5.91 Å². The van der Waals surface area contributed by atoms with Gasteiger partial charge in [-0.2, -0.15) is 5.10 Å². The molecule has 3 N–H and O–H groups in total. The van der Waals surface area contributed by atoms with Crippen LogP contribution in [0, 0.1) is 5.92 Å². The highest BCUT2D eigenvalue weighted by Gasteiger charge is 2.24. The fourth-order valence-electron chi connectivity index (χ4n) is 2.62. The van der Waals surface area contributed by atoms with Crippen LogP contribution in [0.15, 0.2) is 22.7 Å². The van der Waals surface area contributed by atoms with Gasteiger partial charge in [0.15, 0.2) is 5.69 Å². The summed E-state index contributed by atoms with van der Waals surface area (Å²) in [6.07, 6.45) is 0.957. The van der Waals surface area contributed by atoms with Crippen LogP contribution in [0.2, 0.25) is 0 Å². The van der Waals surface area contributed by atoms with E-state index < -0.39 is 0 Å². The summed E-state index contributed by atoms with van der Waals surface area (Å²) in [6.45, 7) is 4.04. The van der Waals surface area contributed by atoms with Gasteiger partial charge in [-0.05, 0) is 43.6 Å². The molecule has 1 saturated heterocycles. The second-order valence-corrected chi connectivity index (χ2v) is 6.23. The fraction of sp³-hybridized carbons (Fsp3) is 0.429. The van der Waals surface area contributed by atoms with Crippen LogP contribution in [0.1, 0.15) is 23.8 Å². The van der Waals surface area contributed by atoms with Crippen LogP contribution in [0.3, 0.4) is 0 Å². The molecule has 0 radical (unpaired) electrons. The number of aromatic nitrogens is 2. The first-order valence-corrected chi connectivity index (χ1v) is 7.59. The highest BCUT2D eigenvalue weighted by molar-refractivity contribution is 9.10. The summed E-state index contributed by atoms with van der Waals surface area (Å²) in [5, 5.41) is 14.3. The van der Waals surface area contributed by atoms with Crippen LogP contribution in [-0.4, -0.2) is 35.2 Å². The lowest BCUT2D eigenvalue weighted by Gasteiger charge is -2.29. The summed E-state index contributed by atoms with van der Waals surface area (Å²) < 4.78 is 0.940. The third kappa shape index (κ3) is 2.58. The number of rotatable bonds is 2. The number of hydrogen-bond acceptors (Lipinski definition) is 3. The van der Waals surface area contributed by atoms with Crippen molar-refractivity contribution in [3.05, 3.63) is 28.4 Å². The fourth-order valence-corrected chi connectivity index (χ4v) is 2.99. The lowest BCUT2D eigenvalue weighted by Crippen LogP contribution is -2.48. The molecule has 3 rings (SSSR count). The molecule has 106 valence electrons. The zero-order valence-electron chi connectivity index (χ0n) is 11.2. The molecule has 2 unspecified atom stereocenters. The van der Waals surface area contributed by atoms with Gasteiger partial charge >= 0.3 is 0 Å². The molecule has 2 aromatic rings. The molecule has 1 aliphatic rings. The Kier molecular flexibility index (Phi) is 3.76. The maximum atomic E-state index is 12.4. The highest BCUT2D eigenvalue weighted by atomic mass is 79.9. The highest BCUT2D eigenvalue weighted by Crippen LogP contribution is 2.21. The zero-order chi connectivity index (χ0) is 14.1. The number of carbonyl (C=O) groups excluding carboxylic acids is 1. The molecule has 1 fully saturated rings. The number of fused-ring (bicyclic) bond motifs is 1. The van der Waals surface area contributed by atoms with Crippen LogP contribution in [0.4, 0.5) is 0 Å². The Morgan fingerprint density at radius 3 is 3.15 bits per heavy atom. The Morgan fingerprint density at radius 1 is 1.50 bits per heavy atom. The molecule has 0 saturated carbocycles. The molecule has 0 bridgehead atoms. The van der Waals surface area contributed by atoms with E-state index in [2.05, 4.69) is 43.7 Å². The first-order valence-electron chi connectivity index (χ1n) is 6.80. The van der Waals surface area contributed by atoms with Crippen LogP contribution in [-0.2, 0) is 0 Å². The molecule has 6 heteroatoms. The molecular formula is C14H17BrN4O. The Morgan fingerprint density at radius 2 is 2.35 bits per heavy atom. The van der Waals surface area contributed by atoms with Crippen molar-refractivity contribution in [1.29, 1.82) is 0 Å². The Labute approximate surface area is 125 Å². The number of hydrogen-bond donors (Lipinski definition) is 3. The third-order valence-corrected chi connectivity index (χ3v) is 4.34. The number of halogens is 1. The van der Waals surface area contributed by atoms with Gasteiger partial charge in [0.05, 0.1) is 5.52 Å². The minimum absolute atomic E-state index is 0.104. The van der Waals surface area contributed by atoms with Gasteiger partial charge in [-0.15, -0.1) is 0 Å². The molecule has 1 amide bonds. The van der Waals surface area contributed by atoms with Gasteiger partial charge in [0.2, 0.25) is 0 Å². The Balaban J connectivity index is 1.83. The molecule has 1 aliphatic heterocycles. The van der Waals surface area contributed by atoms with E-state index in [-0.39, 0.29) is 11.9 Å². The number of nitrogens with zero attached hydrogens (tertiary/aromatic N) is 1.